The SMILES string of the molecule is Cn1nc(C(=O)NCC2(O)CCC(S(C)(=O)=O)CC2)c(Cl)c1-c1ccc(CC(C)(C)C(F)(F)F)cc1OC(F)F. The molecular formula is C25H31ClF5N3O5S. The average molecular weight is 616 g/mol. The number of aromatic nitrogens is 2. The summed E-state index contributed by atoms with van der Waals surface area (Å²) in [7, 11) is -1.86. The van der Waals surface area contributed by atoms with Gasteiger partial charge in [0.15, 0.2) is 5.69 Å². The summed E-state index contributed by atoms with van der Waals surface area (Å²) in [5.74, 6) is -1.22. The number of carbonyl (C=O) groups excluding carboxylic acids is 1. The molecule has 0 unspecified atom stereocenters. The number of sulfone groups is 1. The quantitative estimate of drug-likeness (QED) is 0.388. The molecule has 0 saturated heterocycles. The van der Waals surface area contributed by atoms with Crippen LogP contribution < -0.4 is 10.1 Å². The number of halogens is 6. The van der Waals surface area contributed by atoms with Gasteiger partial charge in [-0.2, -0.15) is 27.1 Å². The topological polar surface area (TPSA) is 111 Å². The third kappa shape index (κ3) is 7.24. The van der Waals surface area contributed by atoms with Gasteiger partial charge in [0.25, 0.3) is 5.91 Å². The molecule has 1 fully saturated rings. The van der Waals surface area contributed by atoms with Gasteiger partial charge in [-0.3, -0.25) is 9.48 Å². The summed E-state index contributed by atoms with van der Waals surface area (Å²) < 4.78 is 95.9. The molecule has 1 aliphatic rings. The Morgan fingerprint density at radius 3 is 2.40 bits per heavy atom. The zero-order valence-corrected chi connectivity index (χ0v) is 23.9. The second kappa shape index (κ2) is 11.4. The van der Waals surface area contributed by atoms with Crippen molar-refractivity contribution in [1.82, 2.24) is 15.1 Å². The molecule has 2 aromatic rings. The fraction of sp³-hybridized carbons (Fsp3) is 0.600. The number of carbonyl (C=O) groups is 1. The highest BCUT2D eigenvalue weighted by molar-refractivity contribution is 7.91. The Hall–Kier alpha value is -2.45. The minimum absolute atomic E-state index is 0.0106. The molecule has 0 atom stereocenters. The summed E-state index contributed by atoms with van der Waals surface area (Å²) in [6, 6.07) is 3.67. The van der Waals surface area contributed by atoms with Crippen LogP contribution in [0, 0.1) is 5.41 Å². The molecule has 15 heteroatoms. The van der Waals surface area contributed by atoms with Gasteiger partial charge in [0.2, 0.25) is 0 Å². The van der Waals surface area contributed by atoms with Crippen molar-refractivity contribution >= 4 is 27.3 Å². The molecule has 0 bridgehead atoms. The van der Waals surface area contributed by atoms with Crippen molar-refractivity contribution in [3.63, 3.8) is 0 Å². The van der Waals surface area contributed by atoms with Crippen LogP contribution in [0.3, 0.4) is 0 Å². The van der Waals surface area contributed by atoms with E-state index in [0.717, 1.165) is 30.9 Å². The van der Waals surface area contributed by atoms with Gasteiger partial charge in [0, 0.05) is 25.4 Å². The smallest absolute Gasteiger partial charge is 0.394 e. The van der Waals surface area contributed by atoms with Crippen molar-refractivity contribution in [2.24, 2.45) is 12.5 Å². The van der Waals surface area contributed by atoms with Crippen LogP contribution in [0.1, 0.15) is 55.6 Å². The third-order valence-corrected chi connectivity index (χ3v) is 9.22. The lowest BCUT2D eigenvalue weighted by Crippen LogP contribution is -2.47. The minimum Gasteiger partial charge on any atom is -0.434 e. The summed E-state index contributed by atoms with van der Waals surface area (Å²) in [5.41, 5.74) is -3.67. The lowest BCUT2D eigenvalue weighted by Gasteiger charge is -2.35. The van der Waals surface area contributed by atoms with Crippen molar-refractivity contribution in [1.29, 1.82) is 0 Å². The van der Waals surface area contributed by atoms with E-state index in [1.165, 1.54) is 19.2 Å². The van der Waals surface area contributed by atoms with Crippen molar-refractivity contribution in [2.75, 3.05) is 12.8 Å². The van der Waals surface area contributed by atoms with Crippen LogP contribution >= 0.6 is 11.6 Å². The molecule has 8 nitrogen and oxygen atoms in total. The highest BCUT2D eigenvalue weighted by Crippen LogP contribution is 2.43. The van der Waals surface area contributed by atoms with E-state index in [9.17, 15) is 40.3 Å². The normalized spacial score (nSPS) is 20.6. The zero-order valence-electron chi connectivity index (χ0n) is 22.3. The molecule has 0 radical (unpaired) electrons. The van der Waals surface area contributed by atoms with E-state index in [1.807, 2.05) is 0 Å². The number of nitrogens with zero attached hydrogens (tertiary/aromatic N) is 2. The first-order valence-corrected chi connectivity index (χ1v) is 14.6. The Bertz CT molecular complexity index is 1350. The van der Waals surface area contributed by atoms with Gasteiger partial charge in [0.1, 0.15) is 15.6 Å². The lowest BCUT2D eigenvalue weighted by atomic mass is 9.84. The Morgan fingerprint density at radius 1 is 1.27 bits per heavy atom. The minimum atomic E-state index is -4.54. The Kier molecular flexibility index (Phi) is 9.17. The molecule has 3 rings (SSSR count). The number of alkyl halides is 5. The fourth-order valence-corrected chi connectivity index (χ4v) is 6.11. The molecule has 1 aliphatic carbocycles. The second-order valence-corrected chi connectivity index (χ2v) is 13.5. The molecule has 1 amide bonds. The van der Waals surface area contributed by atoms with Crippen LogP contribution in [0.4, 0.5) is 22.0 Å². The lowest BCUT2D eigenvalue weighted by molar-refractivity contribution is -0.211. The first kappa shape index (κ1) is 32.1. The molecule has 1 aromatic heterocycles. The molecule has 224 valence electrons. The maximum Gasteiger partial charge on any atom is 0.394 e. The van der Waals surface area contributed by atoms with Gasteiger partial charge < -0.3 is 15.2 Å². The van der Waals surface area contributed by atoms with Gasteiger partial charge in [-0.05, 0) is 49.8 Å². The van der Waals surface area contributed by atoms with Gasteiger partial charge in [-0.15, -0.1) is 0 Å². The van der Waals surface area contributed by atoms with Crippen LogP contribution in [0.5, 0.6) is 5.75 Å². The van der Waals surface area contributed by atoms with Crippen LogP contribution in [-0.4, -0.2) is 65.7 Å². The Balaban J connectivity index is 1.84. The maximum atomic E-state index is 13.4. The van der Waals surface area contributed by atoms with E-state index in [0.29, 0.717) is 0 Å². The molecule has 1 heterocycles. The molecule has 0 spiro atoms. The molecule has 1 saturated carbocycles. The highest BCUT2D eigenvalue weighted by atomic mass is 35.5. The number of benzene rings is 1. The van der Waals surface area contributed by atoms with E-state index in [1.54, 1.807) is 0 Å². The number of ether oxygens (including phenoxy) is 1. The van der Waals surface area contributed by atoms with E-state index in [2.05, 4.69) is 15.2 Å². The van der Waals surface area contributed by atoms with E-state index < -0.39 is 57.0 Å². The first-order chi connectivity index (χ1) is 18.2. The number of rotatable bonds is 9. The van der Waals surface area contributed by atoms with E-state index in [4.69, 9.17) is 11.6 Å². The summed E-state index contributed by atoms with van der Waals surface area (Å²) in [4.78, 5) is 12.9. The monoisotopic (exact) mass is 615 g/mol. The largest absolute Gasteiger partial charge is 0.434 e. The number of amides is 1. The van der Waals surface area contributed by atoms with E-state index >= 15 is 0 Å². The predicted octanol–water partition coefficient (Wildman–Crippen LogP) is 4.92. The van der Waals surface area contributed by atoms with Crippen molar-refractivity contribution in [2.45, 2.75) is 69.6 Å². The molecular weight excluding hydrogens is 585 g/mol. The molecule has 2 N–H and O–H groups in total. The summed E-state index contributed by atoms with van der Waals surface area (Å²) in [6.07, 6.45) is -3.12. The van der Waals surface area contributed by atoms with Crippen LogP contribution in [0.15, 0.2) is 18.2 Å². The molecule has 0 aliphatic heterocycles. The number of nitrogens with one attached hydrogen (secondary N) is 1. The number of hydrogen-bond donors (Lipinski definition) is 2. The summed E-state index contributed by atoms with van der Waals surface area (Å²) in [5, 5.41) is 16.6. The molecule has 1 aromatic carbocycles. The number of aryl methyl sites for hydroxylation is 1. The predicted molar refractivity (Wildman–Crippen MR) is 138 cm³/mol. The summed E-state index contributed by atoms with van der Waals surface area (Å²) in [6.45, 7) is -1.51. The highest BCUT2D eigenvalue weighted by Gasteiger charge is 2.47. The molecule has 40 heavy (non-hydrogen) atoms. The van der Waals surface area contributed by atoms with Crippen LogP contribution in [0.25, 0.3) is 11.3 Å². The van der Waals surface area contributed by atoms with Gasteiger partial charge >= 0.3 is 12.8 Å². The maximum absolute atomic E-state index is 13.4. The fourth-order valence-electron chi connectivity index (χ4n) is 4.67. The zero-order chi connectivity index (χ0) is 30.3. The standard InChI is InChI=1S/C25H31ClF5N3O5S/c1-23(2,25(29,30)31)12-14-5-6-16(17(11-14)39-22(27)28)20-18(26)19(33-34(20)3)21(35)32-13-24(36)9-7-15(8-10-24)40(4,37)38/h5-6,11,15,22,36H,7-10,12-13H2,1-4H3,(H,32,35). The third-order valence-electron chi connectivity index (χ3n) is 7.18. The van der Waals surface area contributed by atoms with Crippen molar-refractivity contribution < 1.29 is 45.0 Å². The number of aliphatic hydroxyl groups is 1. The second-order valence-electron chi connectivity index (χ2n) is 10.8. The van der Waals surface area contributed by atoms with E-state index in [-0.39, 0.29) is 59.8 Å². The average Bonchev–Trinajstić information content (AvgIpc) is 3.10. The van der Waals surface area contributed by atoms with Gasteiger partial charge in [0.05, 0.1) is 27.0 Å². The van der Waals surface area contributed by atoms with Crippen LogP contribution in [-0.2, 0) is 23.3 Å². The Labute approximate surface area is 233 Å². The van der Waals surface area contributed by atoms with Crippen molar-refractivity contribution in [3.05, 3.63) is 34.5 Å². The van der Waals surface area contributed by atoms with Crippen LogP contribution in [0.2, 0.25) is 5.02 Å². The van der Waals surface area contributed by atoms with Gasteiger partial charge in [-0.25, -0.2) is 8.42 Å². The number of hydrogen-bond acceptors (Lipinski definition) is 6. The van der Waals surface area contributed by atoms with Crippen molar-refractivity contribution in [3.8, 4) is 17.0 Å². The summed E-state index contributed by atoms with van der Waals surface area (Å²) >= 11 is 6.43. The Morgan fingerprint density at radius 2 is 1.88 bits per heavy atom. The first-order valence-electron chi connectivity index (χ1n) is 12.3. The van der Waals surface area contributed by atoms with Gasteiger partial charge in [-0.1, -0.05) is 31.5 Å².